The standard InChI is InChI=1S/C16H14O/c1-12-15-10-6-5-9-14(15)11-16(17-12)13-7-3-2-4-8-13/h2-12H,1H3. The SMILES string of the molecule is CC1OC(c2ccccc2)=Cc2ccccc21. The maximum Gasteiger partial charge on any atom is 0.128 e. The second-order valence-electron chi connectivity index (χ2n) is 4.26. The van der Waals surface area contributed by atoms with Crippen molar-refractivity contribution in [2.75, 3.05) is 0 Å². The largest absolute Gasteiger partial charge is 0.485 e. The van der Waals surface area contributed by atoms with E-state index in [0.717, 1.165) is 11.3 Å². The van der Waals surface area contributed by atoms with Crippen LogP contribution in [0.3, 0.4) is 0 Å². The van der Waals surface area contributed by atoms with Crippen molar-refractivity contribution >= 4 is 11.8 Å². The number of rotatable bonds is 1. The molecular formula is C16H14O. The highest BCUT2D eigenvalue weighted by molar-refractivity contribution is 5.80. The predicted molar refractivity (Wildman–Crippen MR) is 70.3 cm³/mol. The fraction of sp³-hybridized carbons (Fsp3) is 0.125. The Labute approximate surface area is 101 Å². The van der Waals surface area contributed by atoms with E-state index in [-0.39, 0.29) is 6.10 Å². The van der Waals surface area contributed by atoms with Crippen molar-refractivity contribution < 1.29 is 4.74 Å². The summed E-state index contributed by atoms with van der Waals surface area (Å²) in [5.41, 5.74) is 3.64. The van der Waals surface area contributed by atoms with Crippen LogP contribution >= 0.6 is 0 Å². The normalized spacial score (nSPS) is 17.9. The minimum Gasteiger partial charge on any atom is -0.485 e. The van der Waals surface area contributed by atoms with Crippen molar-refractivity contribution in [1.29, 1.82) is 0 Å². The maximum atomic E-state index is 5.96. The lowest BCUT2D eigenvalue weighted by Crippen LogP contribution is -2.06. The van der Waals surface area contributed by atoms with Crippen LogP contribution in [0.2, 0.25) is 0 Å². The van der Waals surface area contributed by atoms with Crippen molar-refractivity contribution in [3.63, 3.8) is 0 Å². The molecule has 1 nitrogen and oxygen atoms in total. The molecule has 84 valence electrons. The lowest BCUT2D eigenvalue weighted by Gasteiger charge is -2.24. The number of hydrogen-bond acceptors (Lipinski definition) is 1. The molecule has 0 aromatic heterocycles. The van der Waals surface area contributed by atoms with Crippen molar-refractivity contribution in [2.24, 2.45) is 0 Å². The third-order valence-electron chi connectivity index (χ3n) is 3.08. The van der Waals surface area contributed by atoms with E-state index in [9.17, 15) is 0 Å². The van der Waals surface area contributed by atoms with Crippen LogP contribution in [-0.4, -0.2) is 0 Å². The molecule has 3 rings (SSSR count). The zero-order chi connectivity index (χ0) is 11.7. The van der Waals surface area contributed by atoms with E-state index in [0.29, 0.717) is 0 Å². The Morgan fingerprint density at radius 3 is 2.41 bits per heavy atom. The molecule has 0 spiro atoms. The van der Waals surface area contributed by atoms with Crippen LogP contribution in [0, 0.1) is 0 Å². The van der Waals surface area contributed by atoms with E-state index in [4.69, 9.17) is 4.74 Å². The summed E-state index contributed by atoms with van der Waals surface area (Å²) in [5.74, 6) is 0.955. The summed E-state index contributed by atoms with van der Waals surface area (Å²) in [6.07, 6.45) is 2.23. The van der Waals surface area contributed by atoms with E-state index >= 15 is 0 Å². The van der Waals surface area contributed by atoms with E-state index < -0.39 is 0 Å². The van der Waals surface area contributed by atoms with E-state index in [2.05, 4.69) is 49.4 Å². The van der Waals surface area contributed by atoms with Crippen LogP contribution in [0.4, 0.5) is 0 Å². The van der Waals surface area contributed by atoms with Crippen LogP contribution in [0.5, 0.6) is 0 Å². The van der Waals surface area contributed by atoms with Crippen LogP contribution in [0.1, 0.15) is 29.7 Å². The molecule has 1 unspecified atom stereocenters. The van der Waals surface area contributed by atoms with Gasteiger partial charge in [-0.25, -0.2) is 0 Å². The van der Waals surface area contributed by atoms with Gasteiger partial charge in [-0.1, -0.05) is 54.6 Å². The highest BCUT2D eigenvalue weighted by atomic mass is 16.5. The third-order valence-corrected chi connectivity index (χ3v) is 3.08. The van der Waals surface area contributed by atoms with Gasteiger partial charge in [-0.15, -0.1) is 0 Å². The molecule has 0 aliphatic carbocycles. The van der Waals surface area contributed by atoms with E-state index in [1.165, 1.54) is 11.1 Å². The Kier molecular flexibility index (Phi) is 2.45. The van der Waals surface area contributed by atoms with Crippen molar-refractivity contribution in [3.8, 4) is 0 Å². The Balaban J connectivity index is 2.08. The molecule has 0 amide bonds. The van der Waals surface area contributed by atoms with E-state index in [1.54, 1.807) is 0 Å². The predicted octanol–water partition coefficient (Wildman–Crippen LogP) is 4.28. The molecule has 0 bridgehead atoms. The minimum absolute atomic E-state index is 0.117. The highest BCUT2D eigenvalue weighted by Gasteiger charge is 2.18. The fourth-order valence-electron chi connectivity index (χ4n) is 2.20. The summed E-state index contributed by atoms with van der Waals surface area (Å²) >= 11 is 0. The van der Waals surface area contributed by atoms with Crippen molar-refractivity contribution in [3.05, 3.63) is 71.3 Å². The smallest absolute Gasteiger partial charge is 0.128 e. The Bertz CT molecular complexity index is 555. The van der Waals surface area contributed by atoms with Gasteiger partial charge in [-0.2, -0.15) is 0 Å². The fourth-order valence-corrected chi connectivity index (χ4v) is 2.20. The van der Waals surface area contributed by atoms with Crippen molar-refractivity contribution in [2.45, 2.75) is 13.0 Å². The Morgan fingerprint density at radius 1 is 0.882 bits per heavy atom. The van der Waals surface area contributed by atoms with Gasteiger partial charge in [0.05, 0.1) is 0 Å². The molecule has 2 aromatic rings. The monoisotopic (exact) mass is 222 g/mol. The molecule has 1 aliphatic heterocycles. The third kappa shape index (κ3) is 1.84. The summed E-state index contributed by atoms with van der Waals surface area (Å²) in [7, 11) is 0. The summed E-state index contributed by atoms with van der Waals surface area (Å²) in [6.45, 7) is 2.09. The van der Waals surface area contributed by atoms with Gasteiger partial charge >= 0.3 is 0 Å². The van der Waals surface area contributed by atoms with E-state index in [1.807, 2.05) is 18.2 Å². The molecule has 0 radical (unpaired) electrons. The van der Waals surface area contributed by atoms with Crippen LogP contribution in [-0.2, 0) is 4.74 Å². The molecule has 0 saturated heterocycles. The zero-order valence-electron chi connectivity index (χ0n) is 9.76. The lowest BCUT2D eigenvalue weighted by atomic mass is 9.98. The lowest BCUT2D eigenvalue weighted by molar-refractivity contribution is 0.186. The van der Waals surface area contributed by atoms with Crippen LogP contribution < -0.4 is 0 Å². The Hall–Kier alpha value is -2.02. The summed E-state index contributed by atoms with van der Waals surface area (Å²) in [4.78, 5) is 0. The molecule has 1 atom stereocenters. The molecule has 2 aromatic carbocycles. The average molecular weight is 222 g/mol. The van der Waals surface area contributed by atoms with Crippen LogP contribution in [0.25, 0.3) is 11.8 Å². The highest BCUT2D eigenvalue weighted by Crippen LogP contribution is 2.34. The topological polar surface area (TPSA) is 9.23 Å². The summed E-state index contributed by atoms with van der Waals surface area (Å²) in [6, 6.07) is 18.6. The van der Waals surface area contributed by atoms with Gasteiger partial charge in [0.2, 0.25) is 0 Å². The van der Waals surface area contributed by atoms with Crippen molar-refractivity contribution in [1.82, 2.24) is 0 Å². The number of hydrogen-bond donors (Lipinski definition) is 0. The molecule has 1 aliphatic rings. The summed E-state index contributed by atoms with van der Waals surface area (Å²) < 4.78 is 5.96. The molecular weight excluding hydrogens is 208 g/mol. The first-order valence-corrected chi connectivity index (χ1v) is 5.87. The second kappa shape index (κ2) is 4.10. The van der Waals surface area contributed by atoms with Crippen LogP contribution in [0.15, 0.2) is 54.6 Å². The van der Waals surface area contributed by atoms with Gasteiger partial charge in [0.1, 0.15) is 11.9 Å². The Morgan fingerprint density at radius 2 is 1.59 bits per heavy atom. The average Bonchev–Trinajstić information content (AvgIpc) is 2.40. The van der Waals surface area contributed by atoms with Gasteiger partial charge in [0.25, 0.3) is 0 Å². The first kappa shape index (κ1) is 10.2. The molecule has 0 N–H and O–H groups in total. The molecule has 1 heteroatoms. The minimum atomic E-state index is 0.117. The van der Waals surface area contributed by atoms with Gasteiger partial charge in [-0.3, -0.25) is 0 Å². The maximum absolute atomic E-state index is 5.96. The number of benzene rings is 2. The molecule has 0 saturated carbocycles. The van der Waals surface area contributed by atoms with Gasteiger partial charge in [0.15, 0.2) is 0 Å². The van der Waals surface area contributed by atoms with Gasteiger partial charge < -0.3 is 4.74 Å². The first-order chi connectivity index (χ1) is 8.34. The number of ether oxygens (including phenoxy) is 1. The van der Waals surface area contributed by atoms with Gasteiger partial charge in [-0.05, 0) is 24.1 Å². The molecule has 1 heterocycles. The first-order valence-electron chi connectivity index (χ1n) is 5.87. The summed E-state index contributed by atoms with van der Waals surface area (Å²) in [5, 5.41) is 0. The molecule has 17 heavy (non-hydrogen) atoms. The zero-order valence-corrected chi connectivity index (χ0v) is 9.76. The quantitative estimate of drug-likeness (QED) is 0.700. The molecule has 0 fully saturated rings. The number of fused-ring (bicyclic) bond motifs is 1. The second-order valence-corrected chi connectivity index (χ2v) is 4.26. The van der Waals surface area contributed by atoms with Gasteiger partial charge in [0, 0.05) is 5.56 Å².